The van der Waals surface area contributed by atoms with E-state index in [1.807, 2.05) is 0 Å². The molecule has 8 nitrogen and oxygen atoms in total. The van der Waals surface area contributed by atoms with Crippen molar-refractivity contribution in [3.05, 3.63) is 52.5 Å². The van der Waals surface area contributed by atoms with Gasteiger partial charge in [-0.25, -0.2) is 8.42 Å². The predicted octanol–water partition coefficient (Wildman–Crippen LogP) is 1.33. The fourth-order valence-corrected chi connectivity index (χ4v) is 5.29. The van der Waals surface area contributed by atoms with Crippen LogP contribution in [0.4, 0.5) is 0 Å². The molecule has 2 aliphatic heterocycles. The molecule has 1 saturated heterocycles. The van der Waals surface area contributed by atoms with Crippen molar-refractivity contribution in [3.63, 3.8) is 0 Å². The number of nitrogens with zero attached hydrogens (tertiary/aromatic N) is 2. The Balaban J connectivity index is 1.49. The molecule has 0 unspecified atom stereocenters. The molecule has 2 amide bonds. The maximum Gasteiger partial charge on any atom is 0.257 e. The first kappa shape index (κ1) is 19.7. The molecule has 0 bridgehead atoms. The minimum Gasteiger partial charge on any atom is -0.466 e. The molecule has 0 radical (unpaired) electrons. The van der Waals surface area contributed by atoms with Crippen LogP contribution in [0.3, 0.4) is 0 Å². The SMILES string of the molecule is Cc1cc(C(=O)N2CCN(S(=O)(=O)c3ccc4c(c3)C(=O)NCC4)CC2)c(C)o1. The van der Waals surface area contributed by atoms with Crippen molar-refractivity contribution in [2.75, 3.05) is 32.7 Å². The van der Waals surface area contributed by atoms with Crippen LogP contribution in [0.15, 0.2) is 33.6 Å². The van der Waals surface area contributed by atoms with Gasteiger partial charge in [-0.3, -0.25) is 9.59 Å². The molecule has 1 fully saturated rings. The number of rotatable bonds is 3. The first-order chi connectivity index (χ1) is 13.8. The third kappa shape index (κ3) is 3.56. The molecule has 0 saturated carbocycles. The number of hydrogen-bond donors (Lipinski definition) is 1. The predicted molar refractivity (Wildman–Crippen MR) is 105 cm³/mol. The van der Waals surface area contributed by atoms with E-state index in [4.69, 9.17) is 4.42 Å². The molecular formula is C20H23N3O5S. The van der Waals surface area contributed by atoms with E-state index in [0.717, 1.165) is 5.56 Å². The van der Waals surface area contributed by atoms with E-state index in [0.29, 0.717) is 48.7 Å². The Morgan fingerprint density at radius 2 is 1.83 bits per heavy atom. The maximum atomic E-state index is 13.1. The molecular weight excluding hydrogens is 394 g/mol. The molecule has 4 rings (SSSR count). The van der Waals surface area contributed by atoms with Crippen LogP contribution in [0.25, 0.3) is 0 Å². The smallest absolute Gasteiger partial charge is 0.257 e. The van der Waals surface area contributed by atoms with Crippen molar-refractivity contribution in [1.29, 1.82) is 0 Å². The van der Waals surface area contributed by atoms with Crippen molar-refractivity contribution in [2.24, 2.45) is 0 Å². The molecule has 0 atom stereocenters. The lowest BCUT2D eigenvalue weighted by molar-refractivity contribution is 0.0696. The standard InChI is InChI=1S/C20H23N3O5S/c1-13-11-17(14(2)28-13)20(25)22-7-9-23(10-8-22)29(26,27)16-4-3-15-5-6-21-19(24)18(15)12-16/h3-4,11-12H,5-10H2,1-2H3,(H,21,24). The van der Waals surface area contributed by atoms with Gasteiger partial charge < -0.3 is 14.6 Å². The van der Waals surface area contributed by atoms with Crippen LogP contribution in [-0.4, -0.2) is 62.2 Å². The molecule has 0 aliphatic carbocycles. The Kier molecular flexibility index (Phi) is 4.95. The summed E-state index contributed by atoms with van der Waals surface area (Å²) in [5, 5.41) is 2.74. The van der Waals surface area contributed by atoms with Gasteiger partial charge in [0.05, 0.1) is 10.5 Å². The van der Waals surface area contributed by atoms with Gasteiger partial charge in [0.15, 0.2) is 0 Å². The topological polar surface area (TPSA) is 99.9 Å². The lowest BCUT2D eigenvalue weighted by atomic mass is 10.0. The van der Waals surface area contributed by atoms with Crippen LogP contribution < -0.4 is 5.32 Å². The molecule has 1 N–H and O–H groups in total. The van der Waals surface area contributed by atoms with E-state index >= 15 is 0 Å². The zero-order valence-electron chi connectivity index (χ0n) is 16.4. The number of hydrogen-bond acceptors (Lipinski definition) is 5. The van der Waals surface area contributed by atoms with Gasteiger partial charge in [-0.2, -0.15) is 4.31 Å². The molecule has 1 aromatic heterocycles. The summed E-state index contributed by atoms with van der Waals surface area (Å²) in [5.74, 6) is 0.838. The summed E-state index contributed by atoms with van der Waals surface area (Å²) in [6.45, 7) is 5.09. The maximum absolute atomic E-state index is 13.1. The van der Waals surface area contributed by atoms with Crippen molar-refractivity contribution in [2.45, 2.75) is 25.2 Å². The molecule has 9 heteroatoms. The van der Waals surface area contributed by atoms with Crippen LogP contribution in [0, 0.1) is 13.8 Å². The van der Waals surface area contributed by atoms with E-state index in [1.165, 1.54) is 10.4 Å². The van der Waals surface area contributed by atoms with Crippen molar-refractivity contribution >= 4 is 21.8 Å². The lowest BCUT2D eigenvalue weighted by Gasteiger charge is -2.34. The molecule has 29 heavy (non-hydrogen) atoms. The monoisotopic (exact) mass is 417 g/mol. The summed E-state index contributed by atoms with van der Waals surface area (Å²) in [4.78, 5) is 26.5. The highest BCUT2D eigenvalue weighted by atomic mass is 32.2. The molecule has 0 spiro atoms. The second kappa shape index (κ2) is 7.31. The number of amides is 2. The number of nitrogens with one attached hydrogen (secondary N) is 1. The summed E-state index contributed by atoms with van der Waals surface area (Å²) in [7, 11) is -3.74. The second-order valence-electron chi connectivity index (χ2n) is 7.35. The number of benzene rings is 1. The summed E-state index contributed by atoms with van der Waals surface area (Å²) < 4.78 is 32.9. The zero-order chi connectivity index (χ0) is 20.8. The first-order valence-electron chi connectivity index (χ1n) is 9.55. The van der Waals surface area contributed by atoms with E-state index in [9.17, 15) is 18.0 Å². The van der Waals surface area contributed by atoms with Crippen LogP contribution in [-0.2, 0) is 16.4 Å². The van der Waals surface area contributed by atoms with Crippen LogP contribution >= 0.6 is 0 Å². The number of aryl methyl sites for hydroxylation is 2. The number of sulfonamides is 1. The van der Waals surface area contributed by atoms with E-state index in [1.54, 1.807) is 36.9 Å². The Hall–Kier alpha value is -2.65. The third-order valence-electron chi connectivity index (χ3n) is 5.44. The zero-order valence-corrected chi connectivity index (χ0v) is 17.2. The van der Waals surface area contributed by atoms with Gasteiger partial charge >= 0.3 is 0 Å². The van der Waals surface area contributed by atoms with Crippen molar-refractivity contribution in [3.8, 4) is 0 Å². The minimum atomic E-state index is -3.74. The third-order valence-corrected chi connectivity index (χ3v) is 7.34. The van der Waals surface area contributed by atoms with Gasteiger partial charge in [-0.1, -0.05) is 6.07 Å². The minimum absolute atomic E-state index is 0.106. The van der Waals surface area contributed by atoms with Gasteiger partial charge in [0.2, 0.25) is 10.0 Å². The highest BCUT2D eigenvalue weighted by Crippen LogP contribution is 2.24. The number of piperazine rings is 1. The second-order valence-corrected chi connectivity index (χ2v) is 9.29. The summed E-state index contributed by atoms with van der Waals surface area (Å²) in [6, 6.07) is 6.43. The fraction of sp³-hybridized carbons (Fsp3) is 0.400. The van der Waals surface area contributed by atoms with Crippen molar-refractivity contribution < 1.29 is 22.4 Å². The Morgan fingerprint density at radius 1 is 1.10 bits per heavy atom. The van der Waals surface area contributed by atoms with Crippen LogP contribution in [0.1, 0.15) is 37.8 Å². The Bertz CT molecular complexity index is 1080. The molecule has 2 aliphatic rings. The van der Waals surface area contributed by atoms with Gasteiger partial charge in [0.1, 0.15) is 11.5 Å². The van der Waals surface area contributed by atoms with Crippen LogP contribution in [0.2, 0.25) is 0 Å². The molecule has 3 heterocycles. The van der Waals surface area contributed by atoms with E-state index in [-0.39, 0.29) is 29.8 Å². The van der Waals surface area contributed by atoms with Gasteiger partial charge in [-0.15, -0.1) is 0 Å². The number of carbonyl (C=O) groups excluding carboxylic acids is 2. The van der Waals surface area contributed by atoms with E-state index < -0.39 is 10.0 Å². The average molecular weight is 417 g/mol. The quantitative estimate of drug-likeness (QED) is 0.812. The Morgan fingerprint density at radius 3 is 2.48 bits per heavy atom. The molecule has 2 aromatic rings. The normalized spacial score (nSPS) is 17.7. The highest BCUT2D eigenvalue weighted by Gasteiger charge is 2.32. The number of carbonyl (C=O) groups is 2. The summed E-state index contributed by atoms with van der Waals surface area (Å²) in [5.41, 5.74) is 1.78. The molecule has 1 aromatic carbocycles. The molecule has 154 valence electrons. The number of furan rings is 1. The van der Waals surface area contributed by atoms with Gasteiger partial charge in [-0.05, 0) is 44.0 Å². The summed E-state index contributed by atoms with van der Waals surface area (Å²) in [6.07, 6.45) is 0.690. The Labute approximate surface area is 169 Å². The lowest BCUT2D eigenvalue weighted by Crippen LogP contribution is -2.50. The van der Waals surface area contributed by atoms with Crippen LogP contribution in [0.5, 0.6) is 0 Å². The van der Waals surface area contributed by atoms with Gasteiger partial charge in [0, 0.05) is 38.3 Å². The summed E-state index contributed by atoms with van der Waals surface area (Å²) >= 11 is 0. The average Bonchev–Trinajstić information content (AvgIpc) is 3.05. The highest BCUT2D eigenvalue weighted by molar-refractivity contribution is 7.89. The van der Waals surface area contributed by atoms with Gasteiger partial charge in [0.25, 0.3) is 11.8 Å². The fourth-order valence-electron chi connectivity index (χ4n) is 3.85. The largest absolute Gasteiger partial charge is 0.466 e. The van der Waals surface area contributed by atoms with E-state index in [2.05, 4.69) is 5.32 Å². The first-order valence-corrected chi connectivity index (χ1v) is 11.0. The van der Waals surface area contributed by atoms with Crippen molar-refractivity contribution in [1.82, 2.24) is 14.5 Å². The number of fused-ring (bicyclic) bond motifs is 1.